The quantitative estimate of drug-likeness (QED) is 0.888. The number of hydrogen-bond donors (Lipinski definition) is 1. The van der Waals surface area contributed by atoms with Crippen LogP contribution in [-0.2, 0) is 0 Å². The van der Waals surface area contributed by atoms with Gasteiger partial charge in [0.15, 0.2) is 11.9 Å². The van der Waals surface area contributed by atoms with Crippen molar-refractivity contribution in [3.05, 3.63) is 58.2 Å². The van der Waals surface area contributed by atoms with Crippen LogP contribution in [0.1, 0.15) is 35.9 Å². The summed E-state index contributed by atoms with van der Waals surface area (Å²) in [6.45, 7) is 3.47. The molecule has 1 aliphatic rings. The largest absolute Gasteiger partial charge is 0.467 e. The van der Waals surface area contributed by atoms with E-state index in [1.165, 1.54) is 0 Å². The average Bonchev–Trinajstić information content (AvgIpc) is 2.51. The van der Waals surface area contributed by atoms with E-state index in [-0.39, 0.29) is 5.78 Å². The highest BCUT2D eigenvalue weighted by Gasteiger charge is 2.48. The third-order valence-electron chi connectivity index (χ3n) is 4.06. The summed E-state index contributed by atoms with van der Waals surface area (Å²) in [5.41, 5.74) is 0.337. The zero-order valence-corrected chi connectivity index (χ0v) is 13.9. The first-order valence-electron chi connectivity index (χ1n) is 7.01. The van der Waals surface area contributed by atoms with E-state index in [9.17, 15) is 9.90 Å². The van der Waals surface area contributed by atoms with Gasteiger partial charge in [-0.25, -0.2) is 4.98 Å². The molecule has 0 aliphatic heterocycles. The lowest BCUT2D eigenvalue weighted by atomic mass is 9.69. The maximum Gasteiger partial charge on any atom is 0.213 e. The fourth-order valence-electron chi connectivity index (χ4n) is 2.68. The van der Waals surface area contributed by atoms with Crippen molar-refractivity contribution in [2.45, 2.75) is 26.1 Å². The summed E-state index contributed by atoms with van der Waals surface area (Å²) in [7, 11) is 0. The van der Waals surface area contributed by atoms with Gasteiger partial charge in [-0.3, -0.25) is 4.79 Å². The van der Waals surface area contributed by atoms with Crippen LogP contribution in [0.25, 0.3) is 0 Å². The molecule has 0 bridgehead atoms. The molecule has 0 amide bonds. The number of hydrogen-bond acceptors (Lipinski definition) is 4. The number of Topliss-reactive ketones (excluding diaryl/α,β-unsaturated/α-hetero) is 1. The molecular formula is C17H16BrNO3. The van der Waals surface area contributed by atoms with Gasteiger partial charge in [-0.1, -0.05) is 28.1 Å². The number of aliphatic hydroxyl groups is 1. The number of carbonyl (C=O) groups is 1. The van der Waals surface area contributed by atoms with Crippen LogP contribution in [0, 0.1) is 5.41 Å². The molecule has 22 heavy (non-hydrogen) atoms. The van der Waals surface area contributed by atoms with Gasteiger partial charge in [0, 0.05) is 27.9 Å². The van der Waals surface area contributed by atoms with Crippen molar-refractivity contribution in [2.75, 3.05) is 0 Å². The zero-order valence-electron chi connectivity index (χ0n) is 12.3. The molecule has 114 valence electrons. The van der Waals surface area contributed by atoms with Crippen molar-refractivity contribution in [3.8, 4) is 5.88 Å². The first-order chi connectivity index (χ1) is 10.4. The minimum Gasteiger partial charge on any atom is -0.467 e. The van der Waals surface area contributed by atoms with Crippen LogP contribution < -0.4 is 4.74 Å². The van der Waals surface area contributed by atoms with Gasteiger partial charge >= 0.3 is 0 Å². The van der Waals surface area contributed by atoms with Crippen molar-refractivity contribution in [1.82, 2.24) is 4.98 Å². The van der Waals surface area contributed by atoms with Gasteiger partial charge in [-0.2, -0.15) is 0 Å². The van der Waals surface area contributed by atoms with Gasteiger partial charge in [-0.15, -0.1) is 0 Å². The Morgan fingerprint density at radius 1 is 1.27 bits per heavy atom. The van der Waals surface area contributed by atoms with Crippen molar-refractivity contribution in [3.63, 3.8) is 0 Å². The number of aromatic nitrogens is 1. The molecule has 2 atom stereocenters. The Morgan fingerprint density at radius 3 is 2.73 bits per heavy atom. The smallest absolute Gasteiger partial charge is 0.213 e. The number of pyridine rings is 1. The number of benzene rings is 1. The second-order valence-corrected chi connectivity index (χ2v) is 6.85. The zero-order chi connectivity index (χ0) is 15.9. The van der Waals surface area contributed by atoms with E-state index in [2.05, 4.69) is 20.9 Å². The highest BCUT2D eigenvalue weighted by molar-refractivity contribution is 9.10. The molecule has 1 heterocycles. The summed E-state index contributed by atoms with van der Waals surface area (Å²) in [5, 5.41) is 10.7. The Bertz CT molecular complexity index is 715. The highest BCUT2D eigenvalue weighted by atomic mass is 79.9. The van der Waals surface area contributed by atoms with Gasteiger partial charge in [-0.05, 0) is 32.0 Å². The SMILES string of the molecule is CC1(C)C(=O)c2cc(Br)ccc2[C@H](Oc2ccccn2)[C@H]1O. The Hall–Kier alpha value is -1.72. The van der Waals surface area contributed by atoms with Crippen molar-refractivity contribution >= 4 is 21.7 Å². The summed E-state index contributed by atoms with van der Waals surface area (Å²) in [5.74, 6) is 0.336. The fraction of sp³-hybridized carbons (Fsp3) is 0.294. The van der Waals surface area contributed by atoms with Crippen LogP contribution in [0.2, 0.25) is 0 Å². The molecule has 4 nitrogen and oxygen atoms in total. The number of rotatable bonds is 2. The van der Waals surface area contributed by atoms with E-state index < -0.39 is 17.6 Å². The summed E-state index contributed by atoms with van der Waals surface area (Å²) in [6, 6.07) is 10.8. The maximum absolute atomic E-state index is 12.6. The molecule has 1 N–H and O–H groups in total. The van der Waals surface area contributed by atoms with Crippen LogP contribution in [0.5, 0.6) is 5.88 Å². The van der Waals surface area contributed by atoms with Crippen molar-refractivity contribution < 1.29 is 14.6 Å². The van der Waals surface area contributed by atoms with Gasteiger partial charge < -0.3 is 9.84 Å². The molecule has 2 aromatic rings. The normalized spacial score (nSPS) is 23.0. The molecule has 0 spiro atoms. The number of fused-ring (bicyclic) bond motifs is 1. The molecule has 1 aliphatic carbocycles. The van der Waals surface area contributed by atoms with Gasteiger partial charge in [0.1, 0.15) is 6.10 Å². The lowest BCUT2D eigenvalue weighted by Gasteiger charge is -2.40. The van der Waals surface area contributed by atoms with Crippen LogP contribution in [0.15, 0.2) is 47.1 Å². The first-order valence-corrected chi connectivity index (χ1v) is 7.80. The van der Waals surface area contributed by atoms with E-state index in [0.717, 1.165) is 4.47 Å². The van der Waals surface area contributed by atoms with Crippen molar-refractivity contribution in [2.24, 2.45) is 5.41 Å². The van der Waals surface area contributed by atoms with Crippen LogP contribution in [0.3, 0.4) is 0 Å². The Labute approximate surface area is 137 Å². The van der Waals surface area contributed by atoms with Crippen LogP contribution >= 0.6 is 15.9 Å². The second-order valence-electron chi connectivity index (χ2n) is 5.93. The molecule has 0 radical (unpaired) electrons. The lowest BCUT2D eigenvalue weighted by Crippen LogP contribution is -2.47. The predicted octanol–water partition coefficient (Wildman–Crippen LogP) is 3.55. The lowest BCUT2D eigenvalue weighted by molar-refractivity contribution is -0.0379. The standard InChI is InChI=1S/C17H16BrNO3/c1-17(2)15(20)12-9-10(18)6-7-11(12)14(16(17)21)22-13-5-3-4-8-19-13/h3-9,14,16,21H,1-2H3/t14-,16+/m0/s1. The van der Waals surface area contributed by atoms with Gasteiger partial charge in [0.25, 0.3) is 0 Å². The minimum atomic E-state index is -0.948. The van der Waals surface area contributed by atoms with Gasteiger partial charge in [0.05, 0.1) is 5.41 Å². The molecular weight excluding hydrogens is 346 g/mol. The number of carbonyl (C=O) groups excluding carboxylic acids is 1. The van der Waals surface area contributed by atoms with E-state index >= 15 is 0 Å². The summed E-state index contributed by atoms with van der Waals surface area (Å²) >= 11 is 3.39. The van der Waals surface area contributed by atoms with Crippen molar-refractivity contribution in [1.29, 1.82) is 0 Å². The second kappa shape index (κ2) is 5.48. The number of aliphatic hydroxyl groups excluding tert-OH is 1. The number of halogens is 1. The molecule has 1 aromatic carbocycles. The minimum absolute atomic E-state index is 0.0860. The number of ether oxygens (including phenoxy) is 1. The van der Waals surface area contributed by atoms with Crippen LogP contribution in [0.4, 0.5) is 0 Å². The predicted molar refractivity (Wildman–Crippen MR) is 85.9 cm³/mol. The molecule has 0 saturated heterocycles. The Morgan fingerprint density at radius 2 is 2.05 bits per heavy atom. The first kappa shape index (κ1) is 15.2. The third-order valence-corrected chi connectivity index (χ3v) is 4.56. The number of ketones is 1. The summed E-state index contributed by atoms with van der Waals surface area (Å²) in [6.07, 6.45) is 0.0462. The Balaban J connectivity index is 2.09. The third kappa shape index (κ3) is 2.44. The highest BCUT2D eigenvalue weighted by Crippen LogP contribution is 2.43. The van der Waals surface area contributed by atoms with E-state index in [1.807, 2.05) is 18.2 Å². The topological polar surface area (TPSA) is 59.4 Å². The molecule has 0 saturated carbocycles. The fourth-order valence-corrected chi connectivity index (χ4v) is 3.04. The summed E-state index contributed by atoms with van der Waals surface area (Å²) in [4.78, 5) is 16.8. The number of nitrogens with zero attached hydrogens (tertiary/aromatic N) is 1. The molecule has 0 unspecified atom stereocenters. The van der Waals surface area contributed by atoms with E-state index in [1.54, 1.807) is 38.2 Å². The van der Waals surface area contributed by atoms with Gasteiger partial charge in [0.2, 0.25) is 5.88 Å². The average molecular weight is 362 g/mol. The van der Waals surface area contributed by atoms with Crippen LogP contribution in [-0.4, -0.2) is 22.0 Å². The maximum atomic E-state index is 12.6. The van der Waals surface area contributed by atoms with E-state index in [4.69, 9.17) is 4.74 Å². The summed E-state index contributed by atoms with van der Waals surface area (Å²) < 4.78 is 6.71. The van der Waals surface area contributed by atoms with E-state index in [0.29, 0.717) is 17.0 Å². The molecule has 5 heteroatoms. The molecule has 0 fully saturated rings. The Kier molecular flexibility index (Phi) is 3.78. The monoisotopic (exact) mass is 361 g/mol. The molecule has 1 aromatic heterocycles. The molecule has 3 rings (SSSR count).